The Hall–Kier alpha value is -1.18. The van der Waals surface area contributed by atoms with Gasteiger partial charge in [0.15, 0.2) is 5.76 Å². The molecule has 1 atom stereocenters. The molecule has 5 nitrogen and oxygen atoms in total. The van der Waals surface area contributed by atoms with Gasteiger partial charge in [-0.05, 0) is 31.2 Å². The van der Waals surface area contributed by atoms with E-state index in [1.807, 2.05) is 13.0 Å². The molecule has 0 bridgehead atoms. The Labute approximate surface area is 115 Å². The molecule has 0 aliphatic carbocycles. The number of hydrogen-bond acceptors (Lipinski definition) is 5. The van der Waals surface area contributed by atoms with Gasteiger partial charge in [0.05, 0.1) is 11.7 Å². The highest BCUT2D eigenvalue weighted by atomic mass is 32.2. The zero-order valence-corrected chi connectivity index (χ0v) is 12.1. The maximum absolute atomic E-state index is 12.6. The molecule has 0 radical (unpaired) electrons. The average molecular weight is 298 g/mol. The van der Waals surface area contributed by atoms with E-state index in [9.17, 15) is 8.42 Å². The molecule has 1 aliphatic heterocycles. The third-order valence-electron chi connectivity index (χ3n) is 3.24. The van der Waals surface area contributed by atoms with E-state index in [0.29, 0.717) is 16.5 Å². The number of rotatable bonds is 3. The van der Waals surface area contributed by atoms with E-state index in [1.54, 1.807) is 17.5 Å². The molecular weight excluding hydrogens is 284 g/mol. The Bertz CT molecular complexity index is 661. The molecule has 1 fully saturated rings. The van der Waals surface area contributed by atoms with Crippen molar-refractivity contribution in [1.82, 2.24) is 9.46 Å². The first-order valence-corrected chi connectivity index (χ1v) is 8.39. The van der Waals surface area contributed by atoms with Crippen LogP contribution in [0.25, 0.3) is 0 Å². The van der Waals surface area contributed by atoms with Crippen molar-refractivity contribution in [2.24, 2.45) is 0 Å². The van der Waals surface area contributed by atoms with Crippen LogP contribution in [0.4, 0.5) is 0 Å². The van der Waals surface area contributed by atoms with Gasteiger partial charge in [0.2, 0.25) is 0 Å². The average Bonchev–Trinajstić information content (AvgIpc) is 3.10. The fourth-order valence-corrected chi connectivity index (χ4v) is 5.16. The third kappa shape index (κ3) is 2.22. The van der Waals surface area contributed by atoms with Crippen molar-refractivity contribution in [1.29, 1.82) is 0 Å². The molecule has 7 heteroatoms. The van der Waals surface area contributed by atoms with Gasteiger partial charge in [-0.1, -0.05) is 11.2 Å². The van der Waals surface area contributed by atoms with E-state index in [2.05, 4.69) is 5.16 Å². The lowest BCUT2D eigenvalue weighted by Crippen LogP contribution is -2.29. The predicted molar refractivity (Wildman–Crippen MR) is 71.4 cm³/mol. The summed E-state index contributed by atoms with van der Waals surface area (Å²) in [7, 11) is -3.42. The lowest BCUT2D eigenvalue weighted by atomic mass is 10.2. The minimum Gasteiger partial charge on any atom is -0.359 e. The molecule has 2 aromatic heterocycles. The standard InChI is InChI=1S/C12H14N2O3S2/c1-9-8-11(17-13-9)10-4-2-6-14(10)19(15,16)12-5-3-7-18-12/h3,5,7-8,10H,2,4,6H2,1H3. The summed E-state index contributed by atoms with van der Waals surface area (Å²) >= 11 is 1.24. The molecule has 2 aromatic rings. The minimum absolute atomic E-state index is 0.228. The van der Waals surface area contributed by atoms with Crippen molar-refractivity contribution < 1.29 is 12.9 Å². The van der Waals surface area contributed by atoms with E-state index in [0.717, 1.165) is 18.5 Å². The van der Waals surface area contributed by atoms with Crippen LogP contribution in [-0.4, -0.2) is 24.4 Å². The number of aryl methyl sites for hydroxylation is 1. The summed E-state index contributed by atoms with van der Waals surface area (Å²) in [5, 5.41) is 5.62. The van der Waals surface area contributed by atoms with Crippen LogP contribution in [0.15, 0.2) is 32.3 Å². The highest BCUT2D eigenvalue weighted by Gasteiger charge is 2.38. The van der Waals surface area contributed by atoms with Gasteiger partial charge in [0, 0.05) is 12.6 Å². The van der Waals surface area contributed by atoms with Gasteiger partial charge in [0.25, 0.3) is 10.0 Å². The summed E-state index contributed by atoms with van der Waals surface area (Å²) in [6, 6.07) is 4.98. The molecule has 1 unspecified atom stereocenters. The van der Waals surface area contributed by atoms with Crippen molar-refractivity contribution in [3.05, 3.63) is 35.0 Å². The first-order valence-electron chi connectivity index (χ1n) is 6.07. The molecule has 0 spiro atoms. The van der Waals surface area contributed by atoms with Gasteiger partial charge in [-0.3, -0.25) is 0 Å². The maximum Gasteiger partial charge on any atom is 0.253 e. The summed E-state index contributed by atoms with van der Waals surface area (Å²) < 4.78 is 32.3. The first-order chi connectivity index (χ1) is 9.09. The summed E-state index contributed by atoms with van der Waals surface area (Å²) in [4.78, 5) is 0. The van der Waals surface area contributed by atoms with Crippen molar-refractivity contribution in [3.8, 4) is 0 Å². The first kappa shape index (κ1) is 12.8. The largest absolute Gasteiger partial charge is 0.359 e. The molecule has 0 N–H and O–H groups in total. The second-order valence-corrected chi connectivity index (χ2v) is 7.64. The summed E-state index contributed by atoms with van der Waals surface area (Å²) in [5.74, 6) is 0.634. The Kier molecular flexibility index (Phi) is 3.20. The molecule has 0 aromatic carbocycles. The molecule has 1 aliphatic rings. The van der Waals surface area contributed by atoms with Gasteiger partial charge >= 0.3 is 0 Å². The van der Waals surface area contributed by atoms with E-state index in [-0.39, 0.29) is 6.04 Å². The van der Waals surface area contributed by atoms with Crippen molar-refractivity contribution in [2.75, 3.05) is 6.54 Å². The van der Waals surface area contributed by atoms with Crippen LogP contribution >= 0.6 is 11.3 Å². The van der Waals surface area contributed by atoms with Crippen molar-refractivity contribution in [3.63, 3.8) is 0 Å². The Morgan fingerprint density at radius 3 is 3.00 bits per heavy atom. The molecular formula is C12H14N2O3S2. The van der Waals surface area contributed by atoms with Crippen molar-refractivity contribution in [2.45, 2.75) is 30.0 Å². The van der Waals surface area contributed by atoms with Crippen LogP contribution in [0.5, 0.6) is 0 Å². The van der Waals surface area contributed by atoms with E-state index in [1.165, 1.54) is 15.6 Å². The van der Waals surface area contributed by atoms with E-state index in [4.69, 9.17) is 4.52 Å². The van der Waals surface area contributed by atoms with Gasteiger partial charge in [0.1, 0.15) is 4.21 Å². The van der Waals surface area contributed by atoms with Crippen LogP contribution < -0.4 is 0 Å². The minimum atomic E-state index is -3.42. The maximum atomic E-state index is 12.6. The van der Waals surface area contributed by atoms with Crippen molar-refractivity contribution >= 4 is 21.4 Å². The summed E-state index contributed by atoms with van der Waals surface area (Å²) in [6.07, 6.45) is 1.62. The molecule has 1 saturated heterocycles. The lowest BCUT2D eigenvalue weighted by molar-refractivity contribution is 0.297. The molecule has 3 rings (SSSR count). The Balaban J connectivity index is 1.96. The van der Waals surface area contributed by atoms with Crippen LogP contribution in [0.2, 0.25) is 0 Å². The Morgan fingerprint density at radius 2 is 2.37 bits per heavy atom. The number of aromatic nitrogens is 1. The normalized spacial score (nSPS) is 21.0. The quantitative estimate of drug-likeness (QED) is 0.873. The molecule has 0 amide bonds. The van der Waals surface area contributed by atoms with E-state index >= 15 is 0 Å². The topological polar surface area (TPSA) is 63.4 Å². The number of hydrogen-bond donors (Lipinski definition) is 0. The van der Waals surface area contributed by atoms with E-state index < -0.39 is 10.0 Å². The number of sulfonamides is 1. The van der Waals surface area contributed by atoms with Gasteiger partial charge in [-0.2, -0.15) is 4.31 Å². The van der Waals surface area contributed by atoms with Gasteiger partial charge < -0.3 is 4.52 Å². The van der Waals surface area contributed by atoms with Gasteiger partial charge in [-0.25, -0.2) is 8.42 Å². The molecule has 3 heterocycles. The van der Waals surface area contributed by atoms with Gasteiger partial charge in [-0.15, -0.1) is 11.3 Å². The van der Waals surface area contributed by atoms with Crippen LogP contribution in [0, 0.1) is 6.92 Å². The highest BCUT2D eigenvalue weighted by molar-refractivity contribution is 7.91. The molecule has 19 heavy (non-hydrogen) atoms. The zero-order chi connectivity index (χ0) is 13.5. The number of nitrogens with zero attached hydrogens (tertiary/aromatic N) is 2. The summed E-state index contributed by atoms with van der Waals surface area (Å²) in [6.45, 7) is 2.37. The van der Waals surface area contributed by atoms with Crippen LogP contribution in [-0.2, 0) is 10.0 Å². The zero-order valence-electron chi connectivity index (χ0n) is 10.4. The smallest absolute Gasteiger partial charge is 0.253 e. The fraction of sp³-hybridized carbons (Fsp3) is 0.417. The summed E-state index contributed by atoms with van der Waals surface area (Å²) in [5.41, 5.74) is 0.773. The predicted octanol–water partition coefficient (Wildman–Crippen LogP) is 2.57. The Morgan fingerprint density at radius 1 is 1.53 bits per heavy atom. The monoisotopic (exact) mass is 298 g/mol. The highest BCUT2D eigenvalue weighted by Crippen LogP contribution is 2.37. The fourth-order valence-electron chi connectivity index (χ4n) is 2.38. The third-order valence-corrected chi connectivity index (χ3v) is 6.52. The number of thiophene rings is 1. The SMILES string of the molecule is Cc1cc(C2CCCN2S(=O)(=O)c2cccs2)on1. The second-order valence-electron chi connectivity index (χ2n) is 4.58. The van der Waals surface area contributed by atoms with Crippen LogP contribution in [0.1, 0.15) is 30.3 Å². The second kappa shape index (κ2) is 4.73. The lowest BCUT2D eigenvalue weighted by Gasteiger charge is -2.21. The molecule has 0 saturated carbocycles. The van der Waals surface area contributed by atoms with Crippen LogP contribution in [0.3, 0.4) is 0 Å². The molecule has 102 valence electrons.